The van der Waals surface area contributed by atoms with E-state index in [9.17, 15) is 14.7 Å². The zero-order valence-electron chi connectivity index (χ0n) is 51.5. The largest absolute Gasteiger partial charge is 0.462 e. The number of rotatable bonds is 65. The topological polar surface area (TPSA) is 72.8 Å². The number of hydrogen-bond donors (Lipinski definition) is 1. The highest BCUT2D eigenvalue weighted by Gasteiger charge is 2.16. The fourth-order valence-corrected chi connectivity index (χ4v) is 10.7. The molecule has 1 atom stereocenters. The van der Waals surface area contributed by atoms with E-state index in [1.807, 2.05) is 0 Å². The van der Waals surface area contributed by atoms with Crippen LogP contribution in [0.5, 0.6) is 0 Å². The van der Waals surface area contributed by atoms with Crippen molar-refractivity contribution >= 4 is 11.9 Å². The van der Waals surface area contributed by atoms with Crippen LogP contribution in [0.25, 0.3) is 0 Å². The molecule has 0 aliphatic carbocycles. The second-order valence-electron chi connectivity index (χ2n) is 23.6. The summed E-state index contributed by atoms with van der Waals surface area (Å²) in [7, 11) is 0. The number of carbonyl (C=O) groups excluding carboxylic acids is 2. The van der Waals surface area contributed by atoms with Gasteiger partial charge in [0.25, 0.3) is 0 Å². The summed E-state index contributed by atoms with van der Waals surface area (Å²) < 4.78 is 10.8. The Bertz CT molecular complexity index is 1210. The molecule has 0 spiro atoms. The number of allylic oxidation sites excluding steroid dienone is 6. The Labute approximate surface area is 476 Å². The molecule has 1 N–H and O–H groups in total. The highest BCUT2D eigenvalue weighted by Crippen LogP contribution is 2.19. The Hall–Kier alpha value is -1.88. The van der Waals surface area contributed by atoms with Gasteiger partial charge in [-0.15, -0.1) is 0 Å². The molecule has 0 aromatic rings. The Morgan fingerprint density at radius 3 is 0.789 bits per heavy atom. The molecule has 76 heavy (non-hydrogen) atoms. The molecule has 0 aromatic heterocycles. The summed E-state index contributed by atoms with van der Waals surface area (Å²) in [5.41, 5.74) is 0. The lowest BCUT2D eigenvalue weighted by Gasteiger charge is -2.15. The van der Waals surface area contributed by atoms with E-state index in [0.717, 1.165) is 44.9 Å². The van der Waals surface area contributed by atoms with Gasteiger partial charge in [0.2, 0.25) is 0 Å². The molecule has 0 rings (SSSR count). The SMILES string of the molecule is CCCCCCC/C=C\C/C=C\C/C=C\CCCCCCCCCCCCCCCCCCCCC(=O)OC(CO)COC(=O)CCCCCCCCCCCCCCCCCCCCCCCCCCCCCCC. The Kier molecular flexibility index (Phi) is 65.7. The third-order valence-corrected chi connectivity index (χ3v) is 15.9. The Morgan fingerprint density at radius 2 is 0.526 bits per heavy atom. The summed E-state index contributed by atoms with van der Waals surface area (Å²) in [6.45, 7) is 4.19. The average Bonchev–Trinajstić information content (AvgIpc) is 3.42. The van der Waals surface area contributed by atoms with Crippen LogP contribution >= 0.6 is 0 Å². The second kappa shape index (κ2) is 67.4. The van der Waals surface area contributed by atoms with Gasteiger partial charge in [-0.3, -0.25) is 9.59 Å². The first-order valence-electron chi connectivity index (χ1n) is 34.5. The number of unbranched alkanes of at least 4 members (excludes halogenated alkanes) is 51. The molecule has 1 unspecified atom stereocenters. The van der Waals surface area contributed by atoms with Crippen LogP contribution in [0.1, 0.15) is 386 Å². The van der Waals surface area contributed by atoms with Gasteiger partial charge in [-0.05, 0) is 51.4 Å². The first-order chi connectivity index (χ1) is 37.6. The van der Waals surface area contributed by atoms with Crippen LogP contribution in [-0.2, 0) is 19.1 Å². The van der Waals surface area contributed by atoms with E-state index in [0.29, 0.717) is 12.8 Å². The van der Waals surface area contributed by atoms with Crippen molar-refractivity contribution in [1.29, 1.82) is 0 Å². The van der Waals surface area contributed by atoms with Crippen molar-refractivity contribution in [2.75, 3.05) is 13.2 Å². The minimum absolute atomic E-state index is 0.0590. The Balaban J connectivity index is 3.39. The molecular weight excluding hydrogens is 933 g/mol. The van der Waals surface area contributed by atoms with Crippen molar-refractivity contribution < 1.29 is 24.2 Å². The van der Waals surface area contributed by atoms with Crippen molar-refractivity contribution in [3.8, 4) is 0 Å². The van der Waals surface area contributed by atoms with Crippen molar-refractivity contribution in [2.24, 2.45) is 0 Å². The number of esters is 2. The van der Waals surface area contributed by atoms with Crippen LogP contribution in [0, 0.1) is 0 Å². The van der Waals surface area contributed by atoms with Crippen LogP contribution in [0.15, 0.2) is 36.5 Å². The third kappa shape index (κ3) is 64.6. The molecule has 0 aliphatic rings. The van der Waals surface area contributed by atoms with Gasteiger partial charge in [0.15, 0.2) is 6.10 Å². The van der Waals surface area contributed by atoms with Crippen molar-refractivity contribution in [3.05, 3.63) is 36.5 Å². The monoisotopic (exact) mass is 1070 g/mol. The van der Waals surface area contributed by atoms with Crippen LogP contribution in [0.3, 0.4) is 0 Å². The summed E-state index contributed by atoms with van der Waals surface area (Å²) in [6.07, 6.45) is 88.9. The molecule has 0 bridgehead atoms. The smallest absolute Gasteiger partial charge is 0.306 e. The normalized spacial score (nSPS) is 12.3. The molecule has 0 saturated heterocycles. The number of ether oxygens (including phenoxy) is 2. The maximum atomic E-state index is 12.4. The zero-order valence-corrected chi connectivity index (χ0v) is 51.5. The van der Waals surface area contributed by atoms with E-state index in [2.05, 4.69) is 50.3 Å². The predicted octanol–water partition coefficient (Wildman–Crippen LogP) is 23.8. The number of aliphatic hydroxyl groups excluding tert-OH is 1. The fraction of sp³-hybridized carbons (Fsp3) is 0.887. The van der Waals surface area contributed by atoms with E-state index in [1.54, 1.807) is 0 Å². The number of carbonyl (C=O) groups is 2. The van der Waals surface area contributed by atoms with Gasteiger partial charge in [-0.2, -0.15) is 0 Å². The number of hydrogen-bond acceptors (Lipinski definition) is 5. The average molecular weight is 1070 g/mol. The fourth-order valence-electron chi connectivity index (χ4n) is 10.7. The summed E-state index contributed by atoms with van der Waals surface area (Å²) in [6, 6.07) is 0. The Morgan fingerprint density at radius 1 is 0.303 bits per heavy atom. The summed E-state index contributed by atoms with van der Waals surface area (Å²) in [5.74, 6) is -0.566. The highest BCUT2D eigenvalue weighted by molar-refractivity contribution is 5.70. The van der Waals surface area contributed by atoms with Gasteiger partial charge in [-0.1, -0.05) is 359 Å². The summed E-state index contributed by atoms with van der Waals surface area (Å²) >= 11 is 0. The summed E-state index contributed by atoms with van der Waals surface area (Å²) in [5, 5.41) is 9.70. The first kappa shape index (κ1) is 74.1. The molecule has 0 aliphatic heterocycles. The van der Waals surface area contributed by atoms with E-state index in [-0.39, 0.29) is 25.2 Å². The maximum Gasteiger partial charge on any atom is 0.306 e. The van der Waals surface area contributed by atoms with Crippen LogP contribution in [0.2, 0.25) is 0 Å². The molecule has 0 heterocycles. The van der Waals surface area contributed by atoms with Gasteiger partial charge in [-0.25, -0.2) is 0 Å². The van der Waals surface area contributed by atoms with Crippen molar-refractivity contribution in [1.82, 2.24) is 0 Å². The molecule has 0 amide bonds. The molecule has 448 valence electrons. The van der Waals surface area contributed by atoms with Crippen LogP contribution in [0.4, 0.5) is 0 Å². The minimum Gasteiger partial charge on any atom is -0.462 e. The van der Waals surface area contributed by atoms with E-state index in [1.165, 1.54) is 315 Å². The quantitative estimate of drug-likeness (QED) is 0.0373. The van der Waals surface area contributed by atoms with Gasteiger partial charge >= 0.3 is 11.9 Å². The van der Waals surface area contributed by atoms with Crippen molar-refractivity contribution in [3.63, 3.8) is 0 Å². The summed E-state index contributed by atoms with van der Waals surface area (Å²) in [4.78, 5) is 24.6. The first-order valence-corrected chi connectivity index (χ1v) is 34.5. The zero-order chi connectivity index (χ0) is 54.8. The maximum absolute atomic E-state index is 12.4. The molecular formula is C71H134O5. The van der Waals surface area contributed by atoms with E-state index in [4.69, 9.17) is 9.47 Å². The lowest BCUT2D eigenvalue weighted by Crippen LogP contribution is -2.28. The molecule has 0 radical (unpaired) electrons. The third-order valence-electron chi connectivity index (χ3n) is 15.9. The van der Waals surface area contributed by atoms with Crippen LogP contribution < -0.4 is 0 Å². The molecule has 5 heteroatoms. The van der Waals surface area contributed by atoms with Gasteiger partial charge in [0, 0.05) is 12.8 Å². The molecule has 0 fully saturated rings. The van der Waals surface area contributed by atoms with Crippen molar-refractivity contribution in [2.45, 2.75) is 392 Å². The minimum atomic E-state index is -0.770. The molecule has 0 aromatic carbocycles. The van der Waals surface area contributed by atoms with E-state index < -0.39 is 6.10 Å². The van der Waals surface area contributed by atoms with Gasteiger partial charge in [0.05, 0.1) is 6.61 Å². The predicted molar refractivity (Wildman–Crippen MR) is 334 cm³/mol. The number of aliphatic hydroxyl groups is 1. The van der Waals surface area contributed by atoms with E-state index >= 15 is 0 Å². The molecule has 0 saturated carbocycles. The van der Waals surface area contributed by atoms with Crippen LogP contribution in [-0.4, -0.2) is 36.4 Å². The lowest BCUT2D eigenvalue weighted by atomic mass is 10.0. The lowest BCUT2D eigenvalue weighted by molar-refractivity contribution is -0.161. The standard InChI is InChI=1S/C71H134O5/c1-3-5-7-9-11-13-15-17-19-21-23-25-27-29-31-33-34-35-36-38-40-42-44-46-48-50-52-54-56-58-60-62-64-66-71(74)76-69(67-72)68-75-70(73)65-63-61-59-57-55-53-51-49-47-45-43-41-39-37-32-30-28-26-24-22-20-18-16-14-12-10-8-6-4-2/h15,17,21,23,27,29,69,72H,3-14,16,18-20,22,24-26,28,30-68H2,1-2H3/b17-15-,23-21-,29-27-. The highest BCUT2D eigenvalue weighted by atomic mass is 16.6. The second-order valence-corrected chi connectivity index (χ2v) is 23.6. The van der Waals surface area contributed by atoms with Gasteiger partial charge in [0.1, 0.15) is 6.61 Å². The molecule has 5 nitrogen and oxygen atoms in total. The van der Waals surface area contributed by atoms with Gasteiger partial charge < -0.3 is 14.6 Å².